The van der Waals surface area contributed by atoms with Gasteiger partial charge in [0, 0.05) is 10.7 Å². The molecule has 0 saturated heterocycles. The molecule has 18 heavy (non-hydrogen) atoms. The molecule has 1 aromatic heterocycles. The van der Waals surface area contributed by atoms with Crippen molar-refractivity contribution in [2.24, 2.45) is 11.6 Å². The van der Waals surface area contributed by atoms with Crippen molar-refractivity contribution in [2.45, 2.75) is 17.9 Å². The first-order valence-corrected chi connectivity index (χ1v) is 6.99. The summed E-state index contributed by atoms with van der Waals surface area (Å²) in [5.41, 5.74) is 7.15. The molecule has 0 aliphatic rings. The molecule has 0 bridgehead atoms. The normalized spacial score (nSPS) is 13.1. The number of primary amides is 1. The Bertz CT molecular complexity index is 562. The van der Waals surface area contributed by atoms with Crippen LogP contribution in [0.1, 0.15) is 6.92 Å². The lowest BCUT2D eigenvalue weighted by atomic mass is 10.4. The molecule has 6 N–H and O–H groups in total. The minimum Gasteiger partial charge on any atom is -0.368 e. The fourth-order valence-electron chi connectivity index (χ4n) is 1.09. The lowest BCUT2D eigenvalue weighted by Gasteiger charge is -2.13. The molecular weight excluding hydrogens is 326 g/mol. The number of nitrogens with two attached hydrogens (primary N) is 2. The minimum absolute atomic E-state index is 0.0395. The SMILES string of the molecule is CC(NS(=O)(=O)c1cc(Br)cnc1NN)C(N)=O. The van der Waals surface area contributed by atoms with Crippen LogP contribution >= 0.6 is 15.9 Å². The van der Waals surface area contributed by atoms with Gasteiger partial charge in [0.05, 0.1) is 6.04 Å². The van der Waals surface area contributed by atoms with Crippen LogP contribution in [0.15, 0.2) is 21.6 Å². The van der Waals surface area contributed by atoms with E-state index >= 15 is 0 Å². The van der Waals surface area contributed by atoms with Gasteiger partial charge in [0.25, 0.3) is 0 Å². The molecule has 100 valence electrons. The Morgan fingerprint density at radius 3 is 2.67 bits per heavy atom. The van der Waals surface area contributed by atoms with Crippen molar-refractivity contribution in [1.82, 2.24) is 9.71 Å². The first-order valence-electron chi connectivity index (χ1n) is 4.71. The molecule has 0 aliphatic heterocycles. The van der Waals surface area contributed by atoms with Crippen LogP contribution in [-0.2, 0) is 14.8 Å². The van der Waals surface area contributed by atoms with Crippen molar-refractivity contribution >= 4 is 37.7 Å². The van der Waals surface area contributed by atoms with Crippen LogP contribution in [-0.4, -0.2) is 25.4 Å². The highest BCUT2D eigenvalue weighted by Crippen LogP contribution is 2.22. The monoisotopic (exact) mass is 337 g/mol. The van der Waals surface area contributed by atoms with E-state index in [-0.39, 0.29) is 10.7 Å². The zero-order valence-electron chi connectivity index (χ0n) is 9.34. The average molecular weight is 338 g/mol. The number of pyridine rings is 1. The predicted molar refractivity (Wildman–Crippen MR) is 68.7 cm³/mol. The van der Waals surface area contributed by atoms with Gasteiger partial charge < -0.3 is 11.2 Å². The van der Waals surface area contributed by atoms with Crippen molar-refractivity contribution in [3.63, 3.8) is 0 Å². The van der Waals surface area contributed by atoms with E-state index in [1.807, 2.05) is 0 Å². The first-order chi connectivity index (χ1) is 8.27. The Morgan fingerprint density at radius 2 is 2.17 bits per heavy atom. The summed E-state index contributed by atoms with van der Waals surface area (Å²) in [7, 11) is -3.96. The smallest absolute Gasteiger partial charge is 0.245 e. The Labute approximate surface area is 112 Å². The van der Waals surface area contributed by atoms with Crippen LogP contribution in [0.2, 0.25) is 0 Å². The van der Waals surface area contributed by atoms with E-state index in [0.29, 0.717) is 4.47 Å². The van der Waals surface area contributed by atoms with Gasteiger partial charge in [-0.3, -0.25) is 4.79 Å². The Balaban J connectivity index is 3.19. The summed E-state index contributed by atoms with van der Waals surface area (Å²) >= 11 is 3.10. The number of anilines is 1. The number of halogens is 1. The molecule has 1 amide bonds. The topological polar surface area (TPSA) is 140 Å². The van der Waals surface area contributed by atoms with Crippen LogP contribution in [0.5, 0.6) is 0 Å². The molecule has 0 spiro atoms. The molecule has 0 saturated carbocycles. The number of carbonyl (C=O) groups is 1. The van der Waals surface area contributed by atoms with E-state index in [4.69, 9.17) is 11.6 Å². The van der Waals surface area contributed by atoms with Crippen LogP contribution in [0, 0.1) is 0 Å². The molecule has 0 radical (unpaired) electrons. The molecule has 1 unspecified atom stereocenters. The summed E-state index contributed by atoms with van der Waals surface area (Å²) in [4.78, 5) is 14.5. The highest BCUT2D eigenvalue weighted by atomic mass is 79.9. The van der Waals surface area contributed by atoms with Gasteiger partial charge in [0.1, 0.15) is 4.90 Å². The zero-order valence-corrected chi connectivity index (χ0v) is 11.7. The van der Waals surface area contributed by atoms with Crippen LogP contribution < -0.4 is 21.7 Å². The second kappa shape index (κ2) is 5.61. The van der Waals surface area contributed by atoms with Gasteiger partial charge in [-0.2, -0.15) is 4.72 Å². The van der Waals surface area contributed by atoms with E-state index in [2.05, 4.69) is 31.1 Å². The van der Waals surface area contributed by atoms with Gasteiger partial charge in [-0.25, -0.2) is 19.2 Å². The molecule has 1 heterocycles. The number of sulfonamides is 1. The third-order valence-electron chi connectivity index (χ3n) is 2.00. The largest absolute Gasteiger partial charge is 0.368 e. The van der Waals surface area contributed by atoms with Crippen molar-refractivity contribution in [1.29, 1.82) is 0 Å². The number of hydrazine groups is 1. The third kappa shape index (κ3) is 3.38. The summed E-state index contributed by atoms with van der Waals surface area (Å²) in [6.45, 7) is 1.33. The zero-order chi connectivity index (χ0) is 13.9. The maximum atomic E-state index is 12.0. The summed E-state index contributed by atoms with van der Waals surface area (Å²) in [6.07, 6.45) is 1.38. The highest BCUT2D eigenvalue weighted by molar-refractivity contribution is 9.10. The molecule has 1 atom stereocenters. The summed E-state index contributed by atoms with van der Waals surface area (Å²) in [5.74, 6) is 4.35. The number of nitrogens with one attached hydrogen (secondary N) is 2. The maximum Gasteiger partial charge on any atom is 0.245 e. The summed E-state index contributed by atoms with van der Waals surface area (Å²) < 4.78 is 26.6. The highest BCUT2D eigenvalue weighted by Gasteiger charge is 2.24. The van der Waals surface area contributed by atoms with E-state index < -0.39 is 22.0 Å². The second-order valence-electron chi connectivity index (χ2n) is 3.39. The van der Waals surface area contributed by atoms with Gasteiger partial charge in [-0.05, 0) is 28.9 Å². The van der Waals surface area contributed by atoms with Gasteiger partial charge in [0.15, 0.2) is 5.82 Å². The van der Waals surface area contributed by atoms with Gasteiger partial charge in [0.2, 0.25) is 15.9 Å². The molecule has 1 aromatic rings. The van der Waals surface area contributed by atoms with Crippen LogP contribution in [0.25, 0.3) is 0 Å². The number of rotatable bonds is 5. The van der Waals surface area contributed by atoms with Crippen molar-refractivity contribution in [3.8, 4) is 0 Å². The number of nitrogens with zero attached hydrogens (tertiary/aromatic N) is 1. The quantitative estimate of drug-likeness (QED) is 0.413. The number of carbonyl (C=O) groups excluding carboxylic acids is 1. The van der Waals surface area contributed by atoms with Crippen molar-refractivity contribution in [3.05, 3.63) is 16.7 Å². The molecule has 10 heteroatoms. The maximum absolute atomic E-state index is 12.0. The number of nitrogen functional groups attached to an aromatic ring is 1. The predicted octanol–water partition coefficient (Wildman–Crippen LogP) is -0.718. The van der Waals surface area contributed by atoms with E-state index in [9.17, 15) is 13.2 Å². The Morgan fingerprint density at radius 1 is 1.56 bits per heavy atom. The van der Waals surface area contributed by atoms with Crippen LogP contribution in [0.4, 0.5) is 5.82 Å². The molecular formula is C8H12BrN5O3S. The molecule has 8 nitrogen and oxygen atoms in total. The van der Waals surface area contributed by atoms with E-state index in [0.717, 1.165) is 0 Å². The summed E-state index contributed by atoms with van der Waals surface area (Å²) in [6, 6.07) is 0.262. The number of aromatic nitrogens is 1. The fraction of sp³-hybridized carbons (Fsp3) is 0.250. The van der Waals surface area contributed by atoms with Crippen molar-refractivity contribution in [2.75, 3.05) is 5.43 Å². The van der Waals surface area contributed by atoms with Gasteiger partial charge in [-0.15, -0.1) is 0 Å². The molecule has 0 fully saturated rings. The third-order valence-corrected chi connectivity index (χ3v) is 3.99. The summed E-state index contributed by atoms with van der Waals surface area (Å²) in [5, 5.41) is 0. The van der Waals surface area contributed by atoms with Crippen LogP contribution in [0.3, 0.4) is 0 Å². The molecule has 0 aliphatic carbocycles. The number of hydrogen-bond acceptors (Lipinski definition) is 6. The minimum atomic E-state index is -3.96. The molecule has 0 aromatic carbocycles. The lowest BCUT2D eigenvalue weighted by molar-refractivity contribution is -0.119. The molecule has 1 rings (SSSR count). The second-order valence-corrected chi connectivity index (χ2v) is 5.99. The van der Waals surface area contributed by atoms with Gasteiger partial charge in [-0.1, -0.05) is 0 Å². The van der Waals surface area contributed by atoms with Crippen molar-refractivity contribution < 1.29 is 13.2 Å². The lowest BCUT2D eigenvalue weighted by Crippen LogP contribution is -2.42. The standard InChI is InChI=1S/C8H12BrN5O3S/c1-4(7(10)15)14-18(16,17)6-2-5(9)3-12-8(6)13-11/h2-4,14H,11H2,1H3,(H2,10,15)(H,12,13). The van der Waals surface area contributed by atoms with Gasteiger partial charge >= 0.3 is 0 Å². The average Bonchev–Trinajstić information content (AvgIpc) is 2.28. The number of amides is 1. The number of hydrogen-bond donors (Lipinski definition) is 4. The van der Waals surface area contributed by atoms with E-state index in [1.54, 1.807) is 0 Å². The fourth-order valence-corrected chi connectivity index (χ4v) is 2.93. The first kappa shape index (κ1) is 14.8. The Hall–Kier alpha value is -1.23. The van der Waals surface area contributed by atoms with E-state index in [1.165, 1.54) is 19.2 Å². The Kier molecular flexibility index (Phi) is 4.62.